The van der Waals surface area contributed by atoms with Crippen LogP contribution in [0.4, 0.5) is 0 Å². The SMILES string of the molecule is Cc1cc2cc(CC3CCC(C4CCC(C)CC4)CC3)cc(C)c2c(C)c1C. The molecule has 0 radical (unpaired) electrons. The summed E-state index contributed by atoms with van der Waals surface area (Å²) in [4.78, 5) is 0. The van der Waals surface area contributed by atoms with Crippen LogP contribution in [0.25, 0.3) is 10.8 Å². The Balaban J connectivity index is 1.43. The minimum atomic E-state index is 0.906. The van der Waals surface area contributed by atoms with Crippen molar-refractivity contribution in [1.82, 2.24) is 0 Å². The number of benzene rings is 2. The smallest absolute Gasteiger partial charge is 0.0122 e. The molecule has 2 aromatic rings. The average Bonchev–Trinajstić information content (AvgIpc) is 2.67. The Kier molecular flexibility index (Phi) is 5.86. The Hall–Kier alpha value is -1.30. The maximum atomic E-state index is 2.50. The Morgan fingerprint density at radius 1 is 0.679 bits per heavy atom. The highest BCUT2D eigenvalue weighted by atomic mass is 14.4. The third-order valence-corrected chi connectivity index (χ3v) is 8.47. The molecule has 2 fully saturated rings. The Morgan fingerprint density at radius 3 is 1.93 bits per heavy atom. The minimum absolute atomic E-state index is 0.906. The number of aryl methyl sites for hydroxylation is 3. The summed E-state index contributed by atoms with van der Waals surface area (Å²) < 4.78 is 0. The molecule has 0 heterocycles. The van der Waals surface area contributed by atoms with Gasteiger partial charge in [0.15, 0.2) is 0 Å². The predicted molar refractivity (Wildman–Crippen MR) is 123 cm³/mol. The lowest BCUT2D eigenvalue weighted by Gasteiger charge is -2.37. The van der Waals surface area contributed by atoms with Gasteiger partial charge in [0.05, 0.1) is 0 Å². The monoisotopic (exact) mass is 376 g/mol. The Bertz CT molecular complexity index is 827. The van der Waals surface area contributed by atoms with E-state index in [9.17, 15) is 0 Å². The second kappa shape index (κ2) is 8.21. The molecule has 2 aliphatic rings. The Morgan fingerprint density at radius 2 is 1.29 bits per heavy atom. The summed E-state index contributed by atoms with van der Waals surface area (Å²) in [5, 5.41) is 2.95. The first-order valence-corrected chi connectivity index (χ1v) is 11.9. The highest BCUT2D eigenvalue weighted by Gasteiger charge is 2.30. The van der Waals surface area contributed by atoms with Gasteiger partial charge in [0.1, 0.15) is 0 Å². The molecule has 152 valence electrons. The van der Waals surface area contributed by atoms with Crippen LogP contribution >= 0.6 is 0 Å². The van der Waals surface area contributed by atoms with Crippen molar-refractivity contribution in [2.45, 2.75) is 92.4 Å². The van der Waals surface area contributed by atoms with E-state index in [4.69, 9.17) is 0 Å². The topological polar surface area (TPSA) is 0 Å². The van der Waals surface area contributed by atoms with Gasteiger partial charge in [-0.3, -0.25) is 0 Å². The quantitative estimate of drug-likeness (QED) is 0.506. The van der Waals surface area contributed by atoms with Crippen molar-refractivity contribution < 1.29 is 0 Å². The standard InChI is InChI=1S/C28H40/c1-18-6-10-25(11-7-18)26-12-8-23(9-13-26)16-24-14-20(3)28-22(5)21(4)19(2)15-27(28)17-24/h14-15,17-18,23,25-26H,6-13,16H2,1-5H3. The highest BCUT2D eigenvalue weighted by molar-refractivity contribution is 5.91. The summed E-state index contributed by atoms with van der Waals surface area (Å²) in [6.07, 6.45) is 13.2. The first-order chi connectivity index (χ1) is 13.4. The normalized spacial score (nSPS) is 28.6. The van der Waals surface area contributed by atoms with E-state index in [-0.39, 0.29) is 0 Å². The molecule has 4 rings (SSSR count). The molecule has 0 saturated heterocycles. The van der Waals surface area contributed by atoms with E-state index in [1.165, 1.54) is 90.8 Å². The molecule has 0 N–H and O–H groups in total. The summed E-state index contributed by atoms with van der Waals surface area (Å²) in [7, 11) is 0. The van der Waals surface area contributed by atoms with Gasteiger partial charge in [0.25, 0.3) is 0 Å². The molecule has 0 unspecified atom stereocenters. The molecule has 2 aromatic carbocycles. The zero-order valence-electron chi connectivity index (χ0n) is 18.9. The van der Waals surface area contributed by atoms with Crippen molar-refractivity contribution in [2.75, 3.05) is 0 Å². The molecular weight excluding hydrogens is 336 g/mol. The third kappa shape index (κ3) is 4.03. The Labute approximate surface area is 173 Å². The fourth-order valence-electron chi connectivity index (χ4n) is 6.41. The van der Waals surface area contributed by atoms with E-state index in [0.29, 0.717) is 0 Å². The summed E-state index contributed by atoms with van der Waals surface area (Å²) >= 11 is 0. The molecule has 0 aliphatic heterocycles. The summed E-state index contributed by atoms with van der Waals surface area (Å²) in [6.45, 7) is 11.6. The lowest BCUT2D eigenvalue weighted by molar-refractivity contribution is 0.150. The maximum absolute atomic E-state index is 2.50. The molecule has 0 aromatic heterocycles. The zero-order valence-corrected chi connectivity index (χ0v) is 18.9. The molecule has 0 heteroatoms. The second-order valence-corrected chi connectivity index (χ2v) is 10.5. The first-order valence-electron chi connectivity index (χ1n) is 11.9. The van der Waals surface area contributed by atoms with Crippen LogP contribution in [0.3, 0.4) is 0 Å². The summed E-state index contributed by atoms with van der Waals surface area (Å²) in [6, 6.07) is 7.39. The van der Waals surface area contributed by atoms with Crippen LogP contribution in [-0.4, -0.2) is 0 Å². The second-order valence-electron chi connectivity index (χ2n) is 10.5. The number of rotatable bonds is 3. The fraction of sp³-hybridized carbons (Fsp3) is 0.643. The van der Waals surface area contributed by atoms with Crippen molar-refractivity contribution >= 4 is 10.8 Å². The van der Waals surface area contributed by atoms with Crippen molar-refractivity contribution in [3.05, 3.63) is 46.0 Å². The van der Waals surface area contributed by atoms with Gasteiger partial charge >= 0.3 is 0 Å². The van der Waals surface area contributed by atoms with E-state index in [1.807, 2.05) is 0 Å². The van der Waals surface area contributed by atoms with Crippen molar-refractivity contribution in [3.8, 4) is 0 Å². The van der Waals surface area contributed by atoms with Crippen molar-refractivity contribution in [3.63, 3.8) is 0 Å². The highest BCUT2D eigenvalue weighted by Crippen LogP contribution is 2.42. The van der Waals surface area contributed by atoms with Gasteiger partial charge in [-0.05, 0) is 135 Å². The van der Waals surface area contributed by atoms with E-state index in [0.717, 1.165) is 23.7 Å². The lowest BCUT2D eigenvalue weighted by atomic mass is 9.69. The summed E-state index contributed by atoms with van der Waals surface area (Å²) in [5.74, 6) is 3.98. The van der Waals surface area contributed by atoms with Gasteiger partial charge in [0, 0.05) is 0 Å². The van der Waals surface area contributed by atoms with Crippen LogP contribution in [0.15, 0.2) is 18.2 Å². The maximum Gasteiger partial charge on any atom is -0.0122 e. The average molecular weight is 377 g/mol. The largest absolute Gasteiger partial charge is 0.0625 e. The van der Waals surface area contributed by atoms with Gasteiger partial charge < -0.3 is 0 Å². The molecule has 0 atom stereocenters. The molecule has 0 bridgehead atoms. The number of hydrogen-bond acceptors (Lipinski definition) is 0. The lowest BCUT2D eigenvalue weighted by Crippen LogP contribution is -2.25. The minimum Gasteiger partial charge on any atom is -0.0625 e. The number of fused-ring (bicyclic) bond motifs is 1. The van der Waals surface area contributed by atoms with Gasteiger partial charge in [-0.15, -0.1) is 0 Å². The van der Waals surface area contributed by atoms with Crippen molar-refractivity contribution in [1.29, 1.82) is 0 Å². The molecule has 2 aliphatic carbocycles. The van der Waals surface area contributed by atoms with E-state index in [2.05, 4.69) is 52.8 Å². The molecule has 0 amide bonds. The van der Waals surface area contributed by atoms with E-state index < -0.39 is 0 Å². The van der Waals surface area contributed by atoms with E-state index >= 15 is 0 Å². The van der Waals surface area contributed by atoms with Crippen molar-refractivity contribution in [2.24, 2.45) is 23.7 Å². The first kappa shape index (κ1) is 20.0. The fourth-order valence-corrected chi connectivity index (χ4v) is 6.41. The van der Waals surface area contributed by atoms with E-state index in [1.54, 1.807) is 5.56 Å². The third-order valence-electron chi connectivity index (χ3n) is 8.47. The molecular formula is C28H40. The zero-order chi connectivity index (χ0) is 19.8. The van der Waals surface area contributed by atoms with Crippen LogP contribution in [0, 0.1) is 51.4 Å². The molecule has 28 heavy (non-hydrogen) atoms. The number of hydrogen-bond donors (Lipinski definition) is 0. The van der Waals surface area contributed by atoms with Gasteiger partial charge in [-0.1, -0.05) is 38.0 Å². The van der Waals surface area contributed by atoms with Crippen LogP contribution in [0.2, 0.25) is 0 Å². The molecule has 0 nitrogen and oxygen atoms in total. The summed E-state index contributed by atoms with van der Waals surface area (Å²) in [5.41, 5.74) is 7.41. The van der Waals surface area contributed by atoms with Crippen LogP contribution < -0.4 is 0 Å². The van der Waals surface area contributed by atoms with Crippen LogP contribution in [-0.2, 0) is 6.42 Å². The van der Waals surface area contributed by atoms with Gasteiger partial charge in [-0.2, -0.15) is 0 Å². The van der Waals surface area contributed by atoms with Gasteiger partial charge in [0.2, 0.25) is 0 Å². The predicted octanol–water partition coefficient (Wildman–Crippen LogP) is 8.25. The van der Waals surface area contributed by atoms with Crippen LogP contribution in [0.1, 0.15) is 86.1 Å². The molecule has 2 saturated carbocycles. The molecule has 0 spiro atoms. The van der Waals surface area contributed by atoms with Gasteiger partial charge in [-0.25, -0.2) is 0 Å². The van der Waals surface area contributed by atoms with Crippen LogP contribution in [0.5, 0.6) is 0 Å².